The highest BCUT2D eigenvalue weighted by molar-refractivity contribution is 9.10. The fraction of sp³-hybridized carbons (Fsp3) is 0. The van der Waals surface area contributed by atoms with Gasteiger partial charge in [0.15, 0.2) is 0 Å². The molecule has 2 heterocycles. The third-order valence-corrected chi connectivity index (χ3v) is 5.69. The number of nitro benzene ring substituents is 1. The Bertz CT molecular complexity index is 1190. The van der Waals surface area contributed by atoms with Crippen molar-refractivity contribution >= 4 is 54.8 Å². The first-order valence-electron chi connectivity index (χ1n) is 8.09. The average molecular weight is 455 g/mol. The van der Waals surface area contributed by atoms with Crippen LogP contribution in [-0.2, 0) is 0 Å². The molecule has 0 fully saturated rings. The van der Waals surface area contributed by atoms with Crippen molar-refractivity contribution in [3.05, 3.63) is 80.9 Å². The monoisotopic (exact) mass is 454 g/mol. The summed E-state index contributed by atoms with van der Waals surface area (Å²) in [6.07, 6.45) is 1.60. The molecule has 4 rings (SSSR count). The van der Waals surface area contributed by atoms with E-state index in [2.05, 4.69) is 31.2 Å². The number of thiazole rings is 1. The minimum absolute atomic E-state index is 0.115. The lowest BCUT2D eigenvalue weighted by molar-refractivity contribution is -0.384. The number of carbonyl (C=O) groups is 1. The number of benzene rings is 2. The van der Waals surface area contributed by atoms with E-state index < -0.39 is 10.8 Å². The molecule has 4 aromatic rings. The van der Waals surface area contributed by atoms with Crippen molar-refractivity contribution in [3.63, 3.8) is 0 Å². The van der Waals surface area contributed by atoms with Gasteiger partial charge in [-0.25, -0.2) is 4.98 Å². The van der Waals surface area contributed by atoms with Gasteiger partial charge in [0, 0.05) is 22.8 Å². The van der Waals surface area contributed by atoms with Crippen molar-refractivity contribution in [2.75, 3.05) is 5.32 Å². The number of amides is 1. The molecule has 0 saturated carbocycles. The van der Waals surface area contributed by atoms with E-state index >= 15 is 0 Å². The number of rotatable bonds is 4. The van der Waals surface area contributed by atoms with Gasteiger partial charge >= 0.3 is 0 Å². The standard InChI is InChI=1S/C19H11BrN4O3S/c20-13-8-7-11(24(26)27)10-15(13)22-18(25)12-4-3-9-21-17(12)19-23-14-5-1-2-6-16(14)28-19/h1-10H,(H,22,25). The third kappa shape index (κ3) is 3.49. The number of para-hydroxylation sites is 1. The maximum atomic E-state index is 12.9. The summed E-state index contributed by atoms with van der Waals surface area (Å²) in [4.78, 5) is 32.3. The second kappa shape index (κ2) is 7.45. The summed E-state index contributed by atoms with van der Waals surface area (Å²) in [6.45, 7) is 0. The SMILES string of the molecule is O=C(Nc1cc([N+](=O)[O-])ccc1Br)c1cccnc1-c1nc2ccccc2s1. The van der Waals surface area contributed by atoms with Crippen molar-refractivity contribution in [2.24, 2.45) is 0 Å². The zero-order valence-electron chi connectivity index (χ0n) is 14.1. The van der Waals surface area contributed by atoms with E-state index in [0.29, 0.717) is 26.4 Å². The molecule has 0 saturated heterocycles. The fourth-order valence-electron chi connectivity index (χ4n) is 2.64. The fourth-order valence-corrected chi connectivity index (χ4v) is 3.97. The lowest BCUT2D eigenvalue weighted by Gasteiger charge is -2.09. The highest BCUT2D eigenvalue weighted by Crippen LogP contribution is 2.32. The Hall–Kier alpha value is -3.17. The summed E-state index contributed by atoms with van der Waals surface area (Å²) in [6, 6.07) is 15.2. The van der Waals surface area contributed by atoms with Crippen LogP contribution in [0.5, 0.6) is 0 Å². The molecule has 0 atom stereocenters. The first-order valence-corrected chi connectivity index (χ1v) is 9.70. The summed E-state index contributed by atoms with van der Waals surface area (Å²) in [7, 11) is 0. The van der Waals surface area contributed by atoms with E-state index in [1.165, 1.54) is 29.5 Å². The van der Waals surface area contributed by atoms with E-state index in [9.17, 15) is 14.9 Å². The van der Waals surface area contributed by atoms with Gasteiger partial charge < -0.3 is 5.32 Å². The largest absolute Gasteiger partial charge is 0.321 e. The third-order valence-electron chi connectivity index (χ3n) is 3.96. The predicted molar refractivity (Wildman–Crippen MR) is 112 cm³/mol. The highest BCUT2D eigenvalue weighted by Gasteiger charge is 2.19. The number of hydrogen-bond donors (Lipinski definition) is 1. The minimum atomic E-state index is -0.515. The number of non-ortho nitro benzene ring substituents is 1. The lowest BCUT2D eigenvalue weighted by atomic mass is 10.1. The lowest BCUT2D eigenvalue weighted by Crippen LogP contribution is -2.14. The van der Waals surface area contributed by atoms with E-state index in [1.807, 2.05) is 24.3 Å². The van der Waals surface area contributed by atoms with Crippen LogP contribution >= 0.6 is 27.3 Å². The molecule has 0 aliphatic rings. The van der Waals surface area contributed by atoms with Crippen LogP contribution in [0, 0.1) is 10.1 Å². The van der Waals surface area contributed by atoms with Crippen molar-refractivity contribution in [2.45, 2.75) is 0 Å². The molecule has 0 radical (unpaired) electrons. The molecular weight excluding hydrogens is 444 g/mol. The Morgan fingerprint density at radius 3 is 2.75 bits per heavy atom. The molecular formula is C19H11BrN4O3S. The Balaban J connectivity index is 1.71. The van der Waals surface area contributed by atoms with Crippen LogP contribution < -0.4 is 5.32 Å². The normalized spacial score (nSPS) is 10.8. The van der Waals surface area contributed by atoms with Gasteiger partial charge in [-0.3, -0.25) is 19.9 Å². The van der Waals surface area contributed by atoms with Crippen LogP contribution in [0.2, 0.25) is 0 Å². The first-order chi connectivity index (χ1) is 13.5. The molecule has 0 aliphatic heterocycles. The van der Waals surface area contributed by atoms with Crippen molar-refractivity contribution in [1.82, 2.24) is 9.97 Å². The number of nitrogens with one attached hydrogen (secondary N) is 1. The van der Waals surface area contributed by atoms with Crippen LogP contribution in [0.1, 0.15) is 10.4 Å². The molecule has 7 nitrogen and oxygen atoms in total. The summed E-state index contributed by atoms with van der Waals surface area (Å²) < 4.78 is 1.54. The smallest absolute Gasteiger partial charge is 0.271 e. The molecule has 0 unspecified atom stereocenters. The molecule has 28 heavy (non-hydrogen) atoms. The number of anilines is 1. The summed E-state index contributed by atoms with van der Waals surface area (Å²) in [5.74, 6) is -0.427. The van der Waals surface area contributed by atoms with Gasteiger partial charge in [0.2, 0.25) is 0 Å². The van der Waals surface area contributed by atoms with Crippen LogP contribution in [0.4, 0.5) is 11.4 Å². The summed E-state index contributed by atoms with van der Waals surface area (Å²) in [5, 5.41) is 14.3. The van der Waals surface area contributed by atoms with E-state index in [-0.39, 0.29) is 5.69 Å². The number of pyridine rings is 1. The van der Waals surface area contributed by atoms with Crippen LogP contribution in [0.15, 0.2) is 65.3 Å². The average Bonchev–Trinajstić information content (AvgIpc) is 3.13. The Morgan fingerprint density at radius 1 is 1.14 bits per heavy atom. The quantitative estimate of drug-likeness (QED) is 0.334. The van der Waals surface area contributed by atoms with Crippen molar-refractivity contribution < 1.29 is 9.72 Å². The predicted octanol–water partition coefficient (Wildman–Crippen LogP) is 5.28. The number of nitrogens with zero attached hydrogens (tertiary/aromatic N) is 3. The first kappa shape index (κ1) is 18.2. The Labute approximate surface area is 171 Å². The highest BCUT2D eigenvalue weighted by atomic mass is 79.9. The van der Waals surface area contributed by atoms with Crippen molar-refractivity contribution in [1.29, 1.82) is 0 Å². The van der Waals surface area contributed by atoms with E-state index in [0.717, 1.165) is 10.2 Å². The van der Waals surface area contributed by atoms with Gasteiger partial charge in [0.25, 0.3) is 11.6 Å². The zero-order chi connectivity index (χ0) is 19.7. The van der Waals surface area contributed by atoms with Gasteiger partial charge in [-0.15, -0.1) is 11.3 Å². The molecule has 0 bridgehead atoms. The van der Waals surface area contributed by atoms with Gasteiger partial charge in [0.1, 0.15) is 10.7 Å². The second-order valence-electron chi connectivity index (χ2n) is 5.76. The van der Waals surface area contributed by atoms with Crippen molar-refractivity contribution in [3.8, 4) is 10.7 Å². The molecule has 2 aromatic carbocycles. The zero-order valence-corrected chi connectivity index (χ0v) is 16.5. The number of halogens is 1. The molecule has 138 valence electrons. The van der Waals surface area contributed by atoms with Gasteiger partial charge in [-0.05, 0) is 46.3 Å². The van der Waals surface area contributed by atoms with Crippen LogP contribution in [-0.4, -0.2) is 20.8 Å². The summed E-state index contributed by atoms with van der Waals surface area (Å²) in [5.41, 5.74) is 1.82. The number of carbonyl (C=O) groups excluding carboxylic acids is 1. The van der Waals surface area contributed by atoms with Gasteiger partial charge in [-0.2, -0.15) is 0 Å². The maximum absolute atomic E-state index is 12.9. The Morgan fingerprint density at radius 2 is 1.96 bits per heavy atom. The Kier molecular flexibility index (Phi) is 4.84. The van der Waals surface area contributed by atoms with Crippen LogP contribution in [0.25, 0.3) is 20.9 Å². The topological polar surface area (TPSA) is 98.0 Å². The van der Waals surface area contributed by atoms with Gasteiger partial charge in [-0.1, -0.05) is 12.1 Å². The number of nitro groups is 1. The molecule has 0 spiro atoms. The number of hydrogen-bond acceptors (Lipinski definition) is 6. The minimum Gasteiger partial charge on any atom is -0.321 e. The molecule has 2 aromatic heterocycles. The van der Waals surface area contributed by atoms with E-state index in [4.69, 9.17) is 0 Å². The van der Waals surface area contributed by atoms with Gasteiger partial charge in [0.05, 0.1) is 26.4 Å². The van der Waals surface area contributed by atoms with E-state index in [1.54, 1.807) is 18.3 Å². The van der Waals surface area contributed by atoms with Crippen LogP contribution in [0.3, 0.4) is 0 Å². The number of aromatic nitrogens is 2. The molecule has 9 heteroatoms. The number of fused-ring (bicyclic) bond motifs is 1. The second-order valence-corrected chi connectivity index (χ2v) is 7.65. The molecule has 0 aliphatic carbocycles. The molecule has 1 N–H and O–H groups in total. The molecule has 1 amide bonds. The maximum Gasteiger partial charge on any atom is 0.271 e. The summed E-state index contributed by atoms with van der Waals surface area (Å²) >= 11 is 4.75.